The molecule has 2 aromatic rings. The minimum absolute atomic E-state index is 0.0403. The lowest BCUT2D eigenvalue weighted by Gasteiger charge is -1.99. The van der Waals surface area contributed by atoms with Crippen LogP contribution in [0.5, 0.6) is 5.75 Å². The minimum Gasteiger partial charge on any atom is -0.508 e. The number of phenolic OH excluding ortho intramolecular Hbond substituents is 1. The Hall–Kier alpha value is -1.64. The lowest BCUT2D eigenvalue weighted by Crippen LogP contribution is -1.83. The summed E-state index contributed by atoms with van der Waals surface area (Å²) >= 11 is 0. The van der Waals surface area contributed by atoms with Gasteiger partial charge in [0, 0.05) is 0 Å². The Morgan fingerprint density at radius 1 is 0.846 bits per heavy atom. The Bertz CT molecular complexity index is 466. The smallest absolute Gasteiger partial charge is 0.159 e. The average molecular weight is 180 g/mol. The van der Waals surface area contributed by atoms with Crippen LogP contribution < -0.4 is 0 Å². The molecule has 0 heterocycles. The van der Waals surface area contributed by atoms with Gasteiger partial charge in [0.2, 0.25) is 0 Å². The predicted molar refractivity (Wildman–Crippen MR) is 45.5 cm³/mol. The molecule has 0 radical (unpaired) electrons. The summed E-state index contributed by atoms with van der Waals surface area (Å²) in [5.41, 5.74) is 0. The maximum atomic E-state index is 12.7. The molecule has 0 spiro atoms. The molecule has 1 N–H and O–H groups in total. The van der Waals surface area contributed by atoms with E-state index in [0.29, 0.717) is 10.8 Å². The third-order valence-corrected chi connectivity index (χ3v) is 1.86. The number of rotatable bonds is 0. The van der Waals surface area contributed by atoms with Crippen LogP contribution in [0, 0.1) is 11.6 Å². The normalized spacial score (nSPS) is 10.6. The second kappa shape index (κ2) is 2.69. The van der Waals surface area contributed by atoms with Gasteiger partial charge >= 0.3 is 0 Å². The first-order valence-corrected chi connectivity index (χ1v) is 3.74. The topological polar surface area (TPSA) is 20.2 Å². The van der Waals surface area contributed by atoms with Gasteiger partial charge in [-0.2, -0.15) is 0 Å². The number of benzene rings is 2. The Morgan fingerprint density at radius 3 is 2.15 bits per heavy atom. The van der Waals surface area contributed by atoms with Crippen molar-refractivity contribution < 1.29 is 13.9 Å². The summed E-state index contributed by atoms with van der Waals surface area (Å²) in [5.74, 6) is -1.74. The van der Waals surface area contributed by atoms with Crippen LogP contribution in [0.2, 0.25) is 0 Å². The van der Waals surface area contributed by atoms with E-state index in [2.05, 4.69) is 0 Å². The number of fused-ring (bicyclic) bond motifs is 1. The van der Waals surface area contributed by atoms with Crippen molar-refractivity contribution in [2.24, 2.45) is 0 Å². The molecule has 0 aliphatic heterocycles. The number of hydrogen-bond acceptors (Lipinski definition) is 1. The largest absolute Gasteiger partial charge is 0.508 e. The van der Waals surface area contributed by atoms with Gasteiger partial charge in [-0.05, 0) is 35.0 Å². The van der Waals surface area contributed by atoms with Gasteiger partial charge in [-0.25, -0.2) is 8.78 Å². The molecule has 0 aliphatic carbocycles. The Kier molecular flexibility index (Phi) is 1.65. The Labute approximate surface area is 73.2 Å². The van der Waals surface area contributed by atoms with Crippen molar-refractivity contribution in [2.45, 2.75) is 0 Å². The van der Waals surface area contributed by atoms with E-state index in [0.717, 1.165) is 12.1 Å². The molecule has 0 fully saturated rings. The first kappa shape index (κ1) is 7.98. The van der Waals surface area contributed by atoms with Crippen LogP contribution in [-0.2, 0) is 0 Å². The zero-order chi connectivity index (χ0) is 9.42. The first-order chi connectivity index (χ1) is 6.16. The third-order valence-electron chi connectivity index (χ3n) is 1.86. The number of halogens is 2. The summed E-state index contributed by atoms with van der Waals surface area (Å²) < 4.78 is 25.4. The molecule has 13 heavy (non-hydrogen) atoms. The van der Waals surface area contributed by atoms with Crippen LogP contribution >= 0.6 is 0 Å². The first-order valence-electron chi connectivity index (χ1n) is 3.74. The molecule has 2 rings (SSSR count). The van der Waals surface area contributed by atoms with E-state index in [-0.39, 0.29) is 5.75 Å². The molecule has 66 valence electrons. The summed E-state index contributed by atoms with van der Waals surface area (Å²) in [6.45, 7) is 0. The molecule has 0 saturated carbocycles. The maximum absolute atomic E-state index is 12.7. The van der Waals surface area contributed by atoms with E-state index in [1.165, 1.54) is 18.2 Å². The van der Waals surface area contributed by atoms with E-state index in [1.54, 1.807) is 0 Å². The van der Waals surface area contributed by atoms with Crippen molar-refractivity contribution in [1.82, 2.24) is 0 Å². The highest BCUT2D eigenvalue weighted by molar-refractivity contribution is 5.83. The molecule has 0 saturated heterocycles. The molecule has 2 aromatic carbocycles. The molecule has 0 unspecified atom stereocenters. The summed E-state index contributed by atoms with van der Waals surface area (Å²) in [7, 11) is 0. The van der Waals surface area contributed by atoms with Gasteiger partial charge in [-0.1, -0.05) is 6.07 Å². The number of hydrogen-bond donors (Lipinski definition) is 1. The molecular formula is C10H6F2O. The highest BCUT2D eigenvalue weighted by Crippen LogP contribution is 2.22. The van der Waals surface area contributed by atoms with E-state index >= 15 is 0 Å². The summed E-state index contributed by atoms with van der Waals surface area (Å²) in [6, 6.07) is 6.51. The van der Waals surface area contributed by atoms with Gasteiger partial charge in [-0.15, -0.1) is 0 Å². The molecule has 1 nitrogen and oxygen atoms in total. The molecule has 0 aliphatic rings. The van der Waals surface area contributed by atoms with Gasteiger partial charge in [0.25, 0.3) is 0 Å². The Balaban J connectivity index is 2.81. The van der Waals surface area contributed by atoms with Crippen molar-refractivity contribution in [1.29, 1.82) is 0 Å². The van der Waals surface area contributed by atoms with Gasteiger partial charge < -0.3 is 5.11 Å². The fourth-order valence-corrected chi connectivity index (χ4v) is 1.23. The van der Waals surface area contributed by atoms with Crippen LogP contribution in [0.3, 0.4) is 0 Å². The number of aromatic hydroxyl groups is 1. The van der Waals surface area contributed by atoms with Crippen LogP contribution in [0.25, 0.3) is 10.8 Å². The molecule has 0 bridgehead atoms. The molecule has 3 heteroatoms. The van der Waals surface area contributed by atoms with Gasteiger partial charge in [0.05, 0.1) is 0 Å². The molecule has 0 amide bonds. The standard InChI is InChI=1S/C10H6F2O/c11-9-4-6-1-2-8(13)3-7(6)5-10(9)12/h1-5,13H. The second-order valence-corrected chi connectivity index (χ2v) is 2.80. The Morgan fingerprint density at radius 2 is 1.46 bits per heavy atom. The summed E-state index contributed by atoms with van der Waals surface area (Å²) in [4.78, 5) is 0. The van der Waals surface area contributed by atoms with Crippen LogP contribution in [-0.4, -0.2) is 5.11 Å². The van der Waals surface area contributed by atoms with Gasteiger partial charge in [0.1, 0.15) is 5.75 Å². The monoisotopic (exact) mass is 180 g/mol. The lowest BCUT2D eigenvalue weighted by molar-refractivity contribution is 0.476. The lowest BCUT2D eigenvalue weighted by atomic mass is 10.1. The third kappa shape index (κ3) is 1.33. The van der Waals surface area contributed by atoms with Crippen molar-refractivity contribution in [3.8, 4) is 5.75 Å². The maximum Gasteiger partial charge on any atom is 0.159 e. The van der Waals surface area contributed by atoms with Crippen molar-refractivity contribution in [3.63, 3.8) is 0 Å². The quantitative estimate of drug-likeness (QED) is 0.660. The van der Waals surface area contributed by atoms with Gasteiger partial charge in [-0.3, -0.25) is 0 Å². The zero-order valence-electron chi connectivity index (χ0n) is 6.59. The predicted octanol–water partition coefficient (Wildman–Crippen LogP) is 2.82. The zero-order valence-corrected chi connectivity index (χ0v) is 6.59. The van der Waals surface area contributed by atoms with Crippen molar-refractivity contribution >= 4 is 10.8 Å². The molecular weight excluding hydrogens is 174 g/mol. The van der Waals surface area contributed by atoms with Crippen LogP contribution in [0.15, 0.2) is 30.3 Å². The molecule has 0 atom stereocenters. The van der Waals surface area contributed by atoms with Crippen molar-refractivity contribution in [2.75, 3.05) is 0 Å². The van der Waals surface area contributed by atoms with Crippen molar-refractivity contribution in [3.05, 3.63) is 42.0 Å². The summed E-state index contributed by atoms with van der Waals surface area (Å²) in [6.07, 6.45) is 0. The highest BCUT2D eigenvalue weighted by atomic mass is 19.2. The van der Waals surface area contributed by atoms with E-state index < -0.39 is 11.6 Å². The summed E-state index contributed by atoms with van der Waals surface area (Å²) in [5, 5.41) is 10.1. The fourth-order valence-electron chi connectivity index (χ4n) is 1.23. The van der Waals surface area contributed by atoms with Crippen LogP contribution in [0.1, 0.15) is 0 Å². The van der Waals surface area contributed by atoms with Gasteiger partial charge in [0.15, 0.2) is 11.6 Å². The highest BCUT2D eigenvalue weighted by Gasteiger charge is 2.03. The SMILES string of the molecule is Oc1ccc2cc(F)c(F)cc2c1. The van der Waals surface area contributed by atoms with Crippen LogP contribution in [0.4, 0.5) is 8.78 Å². The van der Waals surface area contributed by atoms with E-state index in [1.807, 2.05) is 0 Å². The average Bonchev–Trinajstić information content (AvgIpc) is 2.08. The van der Waals surface area contributed by atoms with E-state index in [9.17, 15) is 8.78 Å². The molecule has 0 aromatic heterocycles. The number of phenols is 1. The minimum atomic E-state index is -0.905. The fraction of sp³-hybridized carbons (Fsp3) is 0. The second-order valence-electron chi connectivity index (χ2n) is 2.80. The van der Waals surface area contributed by atoms with E-state index in [4.69, 9.17) is 5.11 Å².